The first-order valence-electron chi connectivity index (χ1n) is 17.6. The summed E-state index contributed by atoms with van der Waals surface area (Å²) >= 11 is 0. The topological polar surface area (TPSA) is 12.5 Å². The molecule has 0 saturated carbocycles. The van der Waals surface area contributed by atoms with Crippen LogP contribution in [0.5, 0.6) is 0 Å². The molecule has 0 spiro atoms. The molecular formula is C36H72O. The van der Waals surface area contributed by atoms with Crippen LogP contribution in [-0.4, -0.2) is 12.2 Å². The third kappa shape index (κ3) is 30.1. The number of hydrogen-bond donors (Lipinski definition) is 0. The van der Waals surface area contributed by atoms with Gasteiger partial charge in [0.2, 0.25) is 0 Å². The SMILES string of the molecule is CCCCCCCC/C=C\CCCCCCCC.CCCCCCCCC1OC1CCCCCCCC. The van der Waals surface area contributed by atoms with Crippen molar-refractivity contribution in [3.05, 3.63) is 12.2 Å². The molecule has 2 atom stereocenters. The number of ether oxygens (including phenoxy) is 1. The minimum atomic E-state index is 0.641. The molecule has 0 aromatic carbocycles. The Kier molecular flexibility index (Phi) is 31.7. The predicted octanol–water partition coefficient (Wildman–Crippen LogP) is 13.3. The fourth-order valence-corrected chi connectivity index (χ4v) is 5.26. The van der Waals surface area contributed by atoms with E-state index in [0.717, 1.165) is 0 Å². The second kappa shape index (κ2) is 31.9. The Morgan fingerprint density at radius 3 is 0.946 bits per heavy atom. The molecule has 0 bridgehead atoms. The molecule has 1 heteroatoms. The molecule has 222 valence electrons. The van der Waals surface area contributed by atoms with Gasteiger partial charge in [0.15, 0.2) is 0 Å². The fraction of sp³-hybridized carbons (Fsp3) is 0.944. The first-order valence-corrected chi connectivity index (χ1v) is 17.6. The molecule has 0 N–H and O–H groups in total. The summed E-state index contributed by atoms with van der Waals surface area (Å²) in [5.41, 5.74) is 0. The van der Waals surface area contributed by atoms with Gasteiger partial charge in [0.05, 0.1) is 12.2 Å². The van der Waals surface area contributed by atoms with Crippen LogP contribution in [0.25, 0.3) is 0 Å². The molecule has 1 heterocycles. The first kappa shape index (κ1) is 36.7. The third-order valence-corrected chi connectivity index (χ3v) is 7.99. The van der Waals surface area contributed by atoms with E-state index in [0.29, 0.717) is 12.2 Å². The highest BCUT2D eigenvalue weighted by atomic mass is 16.6. The van der Waals surface area contributed by atoms with Gasteiger partial charge in [-0.05, 0) is 38.5 Å². The van der Waals surface area contributed by atoms with Gasteiger partial charge < -0.3 is 4.74 Å². The smallest absolute Gasteiger partial charge is 0.0841 e. The largest absolute Gasteiger partial charge is 0.370 e. The lowest BCUT2D eigenvalue weighted by molar-refractivity contribution is 0.347. The number of unbranched alkanes of at least 4 members (excludes halogenated alkanes) is 22. The molecule has 0 radical (unpaired) electrons. The van der Waals surface area contributed by atoms with Gasteiger partial charge in [-0.25, -0.2) is 0 Å². The highest BCUT2D eigenvalue weighted by Crippen LogP contribution is 2.31. The van der Waals surface area contributed by atoms with Gasteiger partial charge in [-0.2, -0.15) is 0 Å². The predicted molar refractivity (Wildman–Crippen MR) is 170 cm³/mol. The molecule has 37 heavy (non-hydrogen) atoms. The van der Waals surface area contributed by atoms with Crippen LogP contribution >= 0.6 is 0 Å². The number of epoxide rings is 1. The van der Waals surface area contributed by atoms with Crippen LogP contribution < -0.4 is 0 Å². The van der Waals surface area contributed by atoms with Crippen molar-refractivity contribution in [2.24, 2.45) is 0 Å². The Hall–Kier alpha value is -0.300. The molecule has 2 unspecified atom stereocenters. The number of allylic oxidation sites excluding steroid dienone is 2. The van der Waals surface area contributed by atoms with Crippen molar-refractivity contribution in [3.8, 4) is 0 Å². The maximum Gasteiger partial charge on any atom is 0.0841 e. The minimum absolute atomic E-state index is 0.641. The van der Waals surface area contributed by atoms with Crippen LogP contribution in [-0.2, 0) is 4.74 Å². The molecule has 1 aliphatic heterocycles. The average Bonchev–Trinajstić information content (AvgIpc) is 3.66. The standard InChI is InChI=1S/C18H36O.C18H36/c1-3-5-7-9-11-13-15-17-18(19-17)16-14-12-10-8-6-4-2;1-3-5-7-9-11-13-15-17-18-16-14-12-10-8-6-4-2/h17-18H,3-16H2,1-2H3;17-18H,3-16H2,1-2H3/b;18-17-. The normalized spacial score (nSPS) is 16.8. The Balaban J connectivity index is 0.000000702. The van der Waals surface area contributed by atoms with E-state index in [1.54, 1.807) is 0 Å². The highest BCUT2D eigenvalue weighted by Gasteiger charge is 2.36. The van der Waals surface area contributed by atoms with E-state index in [9.17, 15) is 0 Å². The maximum atomic E-state index is 5.77. The Labute approximate surface area is 236 Å². The van der Waals surface area contributed by atoms with E-state index in [4.69, 9.17) is 4.74 Å². The molecule has 0 aromatic rings. The zero-order valence-corrected chi connectivity index (χ0v) is 26.5. The van der Waals surface area contributed by atoms with Gasteiger partial charge >= 0.3 is 0 Å². The van der Waals surface area contributed by atoms with E-state index in [1.165, 1.54) is 180 Å². The van der Waals surface area contributed by atoms with Crippen molar-refractivity contribution in [1.82, 2.24) is 0 Å². The van der Waals surface area contributed by atoms with Crippen LogP contribution in [0.15, 0.2) is 12.2 Å². The molecule has 0 amide bonds. The van der Waals surface area contributed by atoms with Gasteiger partial charge in [-0.3, -0.25) is 0 Å². The zero-order chi connectivity index (χ0) is 27.1. The second-order valence-electron chi connectivity index (χ2n) is 11.9. The van der Waals surface area contributed by atoms with E-state index >= 15 is 0 Å². The Morgan fingerprint density at radius 2 is 0.622 bits per heavy atom. The second-order valence-corrected chi connectivity index (χ2v) is 11.9. The summed E-state index contributed by atoms with van der Waals surface area (Å²) in [6.45, 7) is 9.13. The van der Waals surface area contributed by atoms with Gasteiger partial charge in [0, 0.05) is 0 Å². The molecule has 1 fully saturated rings. The molecule has 1 aliphatic rings. The fourth-order valence-electron chi connectivity index (χ4n) is 5.26. The van der Waals surface area contributed by atoms with Crippen LogP contribution in [0.2, 0.25) is 0 Å². The quantitative estimate of drug-likeness (QED) is 0.0567. The van der Waals surface area contributed by atoms with Crippen LogP contribution in [0, 0.1) is 0 Å². The number of hydrogen-bond acceptors (Lipinski definition) is 1. The summed E-state index contributed by atoms with van der Waals surface area (Å²) in [4.78, 5) is 0. The zero-order valence-electron chi connectivity index (χ0n) is 26.5. The van der Waals surface area contributed by atoms with Crippen molar-refractivity contribution in [3.63, 3.8) is 0 Å². The summed E-state index contributed by atoms with van der Waals surface area (Å²) in [5.74, 6) is 0. The molecule has 1 saturated heterocycles. The van der Waals surface area contributed by atoms with Gasteiger partial charge in [-0.15, -0.1) is 0 Å². The minimum Gasteiger partial charge on any atom is -0.370 e. The highest BCUT2D eigenvalue weighted by molar-refractivity contribution is 4.84. The van der Waals surface area contributed by atoms with Gasteiger partial charge in [0.1, 0.15) is 0 Å². The molecule has 0 aromatic heterocycles. The monoisotopic (exact) mass is 521 g/mol. The summed E-state index contributed by atoms with van der Waals surface area (Å²) in [6.07, 6.45) is 45.3. The molecule has 1 nitrogen and oxygen atoms in total. The maximum absolute atomic E-state index is 5.77. The lowest BCUT2D eigenvalue weighted by Gasteiger charge is -2.00. The first-order chi connectivity index (χ1) is 18.3. The van der Waals surface area contributed by atoms with E-state index in [1.807, 2.05) is 0 Å². The van der Waals surface area contributed by atoms with Crippen molar-refractivity contribution < 1.29 is 4.74 Å². The van der Waals surface area contributed by atoms with Crippen LogP contribution in [0.3, 0.4) is 0 Å². The summed E-state index contributed by atoms with van der Waals surface area (Å²) in [7, 11) is 0. The third-order valence-electron chi connectivity index (χ3n) is 7.99. The van der Waals surface area contributed by atoms with Crippen molar-refractivity contribution in [1.29, 1.82) is 0 Å². The summed E-state index contributed by atoms with van der Waals surface area (Å²) in [6, 6.07) is 0. The average molecular weight is 521 g/mol. The number of rotatable bonds is 28. The van der Waals surface area contributed by atoms with E-state index in [-0.39, 0.29) is 0 Å². The molecule has 0 aliphatic carbocycles. The Bertz CT molecular complexity index is 390. The van der Waals surface area contributed by atoms with Gasteiger partial charge in [-0.1, -0.05) is 181 Å². The molecular weight excluding hydrogens is 448 g/mol. The summed E-state index contributed by atoms with van der Waals surface area (Å²) in [5, 5.41) is 0. The van der Waals surface area contributed by atoms with Crippen LogP contribution in [0.4, 0.5) is 0 Å². The molecule has 1 rings (SSSR count). The van der Waals surface area contributed by atoms with Crippen molar-refractivity contribution in [2.75, 3.05) is 0 Å². The lowest BCUT2D eigenvalue weighted by Crippen LogP contribution is -1.94. The van der Waals surface area contributed by atoms with E-state index < -0.39 is 0 Å². The van der Waals surface area contributed by atoms with E-state index in [2.05, 4.69) is 39.8 Å². The summed E-state index contributed by atoms with van der Waals surface area (Å²) < 4.78 is 5.77. The Morgan fingerprint density at radius 1 is 0.351 bits per heavy atom. The van der Waals surface area contributed by atoms with Crippen LogP contribution in [0.1, 0.15) is 207 Å². The van der Waals surface area contributed by atoms with Crippen molar-refractivity contribution in [2.45, 2.75) is 220 Å². The van der Waals surface area contributed by atoms with Gasteiger partial charge in [0.25, 0.3) is 0 Å². The van der Waals surface area contributed by atoms with Crippen molar-refractivity contribution >= 4 is 0 Å². The lowest BCUT2D eigenvalue weighted by atomic mass is 10.0.